The van der Waals surface area contributed by atoms with Gasteiger partial charge in [-0.2, -0.15) is 0 Å². The van der Waals surface area contributed by atoms with Crippen molar-refractivity contribution in [2.45, 2.75) is 39.8 Å². The first-order valence-corrected chi connectivity index (χ1v) is 13.5. The predicted octanol–water partition coefficient (Wildman–Crippen LogP) is 3.38. The monoisotopic (exact) mass is 568 g/mol. The molecule has 0 radical (unpaired) electrons. The van der Waals surface area contributed by atoms with Crippen LogP contribution in [0.1, 0.15) is 31.4 Å². The molecule has 0 heterocycles. The maximum atomic E-state index is 13.5. The van der Waals surface area contributed by atoms with Gasteiger partial charge < -0.3 is 10.2 Å². The molecule has 1 atom stereocenters. The lowest BCUT2D eigenvalue weighted by atomic mass is 10.1. The number of aryl methyl sites for hydroxylation is 1. The van der Waals surface area contributed by atoms with Crippen LogP contribution < -0.4 is 9.62 Å². The molecular weight excluding hydrogens is 540 g/mol. The molecule has 0 aliphatic rings. The van der Waals surface area contributed by atoms with Crippen molar-refractivity contribution >= 4 is 49.1 Å². The maximum Gasteiger partial charge on any atom is 0.271 e. The number of non-ortho nitro benzene ring substituents is 1. The highest BCUT2D eigenvalue weighted by Crippen LogP contribution is 2.28. The number of nitrogens with zero attached hydrogens (tertiary/aromatic N) is 3. The normalized spacial score (nSPS) is 12.0. The molecule has 1 N–H and O–H groups in total. The van der Waals surface area contributed by atoms with Gasteiger partial charge in [0.2, 0.25) is 21.8 Å². The topological polar surface area (TPSA) is 130 Å². The fourth-order valence-electron chi connectivity index (χ4n) is 3.34. The summed E-state index contributed by atoms with van der Waals surface area (Å²) in [4.78, 5) is 38.1. The SMILES string of the molecule is CCCNC(=O)[C@H](C)N(Cc1ccc(Br)cc1)C(=O)CN(c1cc([N+](=O)[O-])ccc1C)S(C)(=O)=O. The Kier molecular flexibility index (Phi) is 9.78. The van der Waals surface area contributed by atoms with Crippen molar-refractivity contribution in [2.24, 2.45) is 0 Å². The van der Waals surface area contributed by atoms with Gasteiger partial charge in [-0.25, -0.2) is 8.42 Å². The van der Waals surface area contributed by atoms with Crippen molar-refractivity contribution in [1.29, 1.82) is 0 Å². The third kappa shape index (κ3) is 7.76. The van der Waals surface area contributed by atoms with E-state index in [2.05, 4.69) is 21.2 Å². The molecule has 0 aliphatic carbocycles. The summed E-state index contributed by atoms with van der Waals surface area (Å²) in [6.07, 6.45) is 1.64. The molecule has 0 saturated heterocycles. The Balaban J connectivity index is 2.45. The molecule has 2 aromatic carbocycles. The summed E-state index contributed by atoms with van der Waals surface area (Å²) in [5, 5.41) is 14.0. The third-order valence-electron chi connectivity index (χ3n) is 5.33. The molecule has 2 rings (SSSR count). The summed E-state index contributed by atoms with van der Waals surface area (Å²) in [6, 6.07) is 10.1. The smallest absolute Gasteiger partial charge is 0.271 e. The number of nitrogens with one attached hydrogen (secondary N) is 1. The molecule has 2 aromatic rings. The quantitative estimate of drug-likeness (QED) is 0.326. The number of carbonyl (C=O) groups is 2. The van der Waals surface area contributed by atoms with Crippen molar-refractivity contribution in [2.75, 3.05) is 23.7 Å². The second-order valence-corrected chi connectivity index (χ2v) is 10.9. The van der Waals surface area contributed by atoms with E-state index in [1.54, 1.807) is 38.1 Å². The number of carbonyl (C=O) groups excluding carboxylic acids is 2. The molecule has 0 bridgehead atoms. The van der Waals surface area contributed by atoms with Gasteiger partial charge in [0.15, 0.2) is 0 Å². The second kappa shape index (κ2) is 12.1. The van der Waals surface area contributed by atoms with E-state index in [9.17, 15) is 28.1 Å². The van der Waals surface area contributed by atoms with Gasteiger partial charge in [-0.05, 0) is 43.5 Å². The highest BCUT2D eigenvalue weighted by molar-refractivity contribution is 9.10. The standard InChI is InChI=1S/C23H29BrN4O6S/c1-5-12-25-23(30)17(3)26(14-18-7-9-19(24)10-8-18)22(29)15-27(35(4,33)34)21-13-20(28(31)32)11-6-16(21)2/h6-11,13,17H,5,12,14-15H2,1-4H3,(H,25,30)/t17-/m0/s1. The van der Waals surface area contributed by atoms with E-state index in [1.165, 1.54) is 17.0 Å². The molecule has 190 valence electrons. The Labute approximate surface area is 213 Å². The van der Waals surface area contributed by atoms with Crippen LogP contribution in [-0.2, 0) is 26.2 Å². The van der Waals surface area contributed by atoms with Crippen molar-refractivity contribution < 1.29 is 22.9 Å². The van der Waals surface area contributed by atoms with Crippen LogP contribution in [0, 0.1) is 17.0 Å². The van der Waals surface area contributed by atoms with Gasteiger partial charge in [0, 0.05) is 29.7 Å². The van der Waals surface area contributed by atoms with E-state index >= 15 is 0 Å². The molecule has 2 amide bonds. The fraction of sp³-hybridized carbons (Fsp3) is 0.391. The zero-order chi connectivity index (χ0) is 26.3. The van der Waals surface area contributed by atoms with E-state index < -0.39 is 33.4 Å². The largest absolute Gasteiger partial charge is 0.354 e. The summed E-state index contributed by atoms with van der Waals surface area (Å²) in [5.41, 5.74) is 0.920. The Morgan fingerprint density at radius 2 is 1.80 bits per heavy atom. The van der Waals surface area contributed by atoms with Gasteiger partial charge >= 0.3 is 0 Å². The number of rotatable bonds is 11. The lowest BCUT2D eigenvalue weighted by Crippen LogP contribution is -2.51. The first kappa shape index (κ1) is 28.2. The molecular formula is C23H29BrN4O6S. The highest BCUT2D eigenvalue weighted by Gasteiger charge is 2.31. The van der Waals surface area contributed by atoms with Crippen LogP contribution in [0.25, 0.3) is 0 Å². The highest BCUT2D eigenvalue weighted by atomic mass is 79.9. The molecule has 0 aliphatic heterocycles. The minimum Gasteiger partial charge on any atom is -0.354 e. The number of hydrogen-bond acceptors (Lipinski definition) is 6. The summed E-state index contributed by atoms with van der Waals surface area (Å²) in [7, 11) is -3.99. The van der Waals surface area contributed by atoms with Gasteiger partial charge in [-0.3, -0.25) is 24.0 Å². The van der Waals surface area contributed by atoms with Crippen molar-refractivity contribution in [3.8, 4) is 0 Å². The molecule has 0 unspecified atom stereocenters. The minimum atomic E-state index is -3.99. The number of halogens is 1. The van der Waals surface area contributed by atoms with Crippen LogP contribution in [-0.4, -0.2) is 55.4 Å². The van der Waals surface area contributed by atoms with E-state index in [0.717, 1.165) is 26.7 Å². The molecule has 0 aromatic heterocycles. The number of anilines is 1. The number of nitro benzene ring substituents is 1. The molecule has 0 saturated carbocycles. The Morgan fingerprint density at radius 1 is 1.17 bits per heavy atom. The van der Waals surface area contributed by atoms with E-state index in [1.807, 2.05) is 6.92 Å². The van der Waals surface area contributed by atoms with Gasteiger partial charge in [0.05, 0.1) is 16.9 Å². The third-order valence-corrected chi connectivity index (χ3v) is 6.99. The summed E-state index contributed by atoms with van der Waals surface area (Å²) < 4.78 is 27.0. The van der Waals surface area contributed by atoms with E-state index in [-0.39, 0.29) is 23.8 Å². The van der Waals surface area contributed by atoms with Gasteiger partial charge in [-0.15, -0.1) is 0 Å². The van der Waals surface area contributed by atoms with Crippen LogP contribution in [0.4, 0.5) is 11.4 Å². The van der Waals surface area contributed by atoms with Crippen LogP contribution in [0.5, 0.6) is 0 Å². The fourth-order valence-corrected chi connectivity index (χ4v) is 4.50. The zero-order valence-electron chi connectivity index (χ0n) is 20.0. The van der Waals surface area contributed by atoms with Crippen LogP contribution in [0.3, 0.4) is 0 Å². The molecule has 0 spiro atoms. The Bertz CT molecular complexity index is 1190. The van der Waals surface area contributed by atoms with Crippen molar-refractivity contribution in [1.82, 2.24) is 10.2 Å². The lowest BCUT2D eigenvalue weighted by Gasteiger charge is -2.31. The lowest BCUT2D eigenvalue weighted by molar-refractivity contribution is -0.384. The number of sulfonamides is 1. The summed E-state index contributed by atoms with van der Waals surface area (Å²) in [5.74, 6) is -0.988. The number of amides is 2. The van der Waals surface area contributed by atoms with Crippen LogP contribution >= 0.6 is 15.9 Å². The summed E-state index contributed by atoms with van der Waals surface area (Å²) >= 11 is 3.36. The number of benzene rings is 2. The molecule has 0 fully saturated rings. The van der Waals surface area contributed by atoms with Gasteiger partial charge in [0.1, 0.15) is 12.6 Å². The second-order valence-electron chi connectivity index (χ2n) is 8.11. The Morgan fingerprint density at radius 3 is 2.34 bits per heavy atom. The average Bonchev–Trinajstić information content (AvgIpc) is 2.79. The van der Waals surface area contributed by atoms with Crippen LogP contribution in [0.2, 0.25) is 0 Å². The molecule has 12 heteroatoms. The summed E-state index contributed by atoms with van der Waals surface area (Å²) in [6.45, 7) is 4.96. The first-order chi connectivity index (χ1) is 16.3. The zero-order valence-corrected chi connectivity index (χ0v) is 22.4. The van der Waals surface area contributed by atoms with Crippen molar-refractivity contribution in [3.63, 3.8) is 0 Å². The molecule has 10 nitrogen and oxygen atoms in total. The minimum absolute atomic E-state index is 0.0294. The maximum absolute atomic E-state index is 13.5. The van der Waals surface area contributed by atoms with E-state index in [0.29, 0.717) is 18.5 Å². The van der Waals surface area contributed by atoms with Crippen LogP contribution in [0.15, 0.2) is 46.9 Å². The number of nitro groups is 1. The predicted molar refractivity (Wildman–Crippen MR) is 137 cm³/mol. The average molecular weight is 569 g/mol. The Hall–Kier alpha value is -2.99. The van der Waals surface area contributed by atoms with Gasteiger partial charge in [0.25, 0.3) is 5.69 Å². The van der Waals surface area contributed by atoms with E-state index in [4.69, 9.17) is 0 Å². The van der Waals surface area contributed by atoms with Gasteiger partial charge in [-0.1, -0.05) is 41.1 Å². The van der Waals surface area contributed by atoms with Crippen molar-refractivity contribution in [3.05, 3.63) is 68.2 Å². The first-order valence-electron chi connectivity index (χ1n) is 10.9. The molecule has 35 heavy (non-hydrogen) atoms. The number of hydrogen-bond donors (Lipinski definition) is 1.